The molecule has 0 aliphatic heterocycles. The minimum atomic E-state index is -0.528. The molecule has 4 nitrogen and oxygen atoms in total. The number of hydrogen-bond donors (Lipinski definition) is 0. The fraction of sp³-hybridized carbons (Fsp3) is 0.0833. The standard InChI is InChI=1S/C12H9N3OS2/c13-15-14-12(16)10-5-2-1-4-9(10)8-18-11-6-3-7-17-11/h1-7H,8H2. The number of azide groups is 1. The van der Waals surface area contributed by atoms with Gasteiger partial charge in [-0.2, -0.15) is 0 Å². The first-order valence-corrected chi connectivity index (χ1v) is 7.01. The molecule has 2 aromatic rings. The Morgan fingerprint density at radius 2 is 2.17 bits per heavy atom. The third kappa shape index (κ3) is 3.13. The highest BCUT2D eigenvalue weighted by molar-refractivity contribution is 8.00. The predicted molar refractivity (Wildman–Crippen MR) is 73.8 cm³/mol. The molecule has 0 atom stereocenters. The molecule has 1 aromatic heterocycles. The van der Waals surface area contributed by atoms with Crippen molar-refractivity contribution in [2.24, 2.45) is 5.11 Å². The highest BCUT2D eigenvalue weighted by Gasteiger charge is 2.09. The lowest BCUT2D eigenvalue weighted by Gasteiger charge is -2.04. The van der Waals surface area contributed by atoms with E-state index in [-0.39, 0.29) is 0 Å². The lowest BCUT2D eigenvalue weighted by Crippen LogP contribution is -1.98. The smallest absolute Gasteiger partial charge is 0.249 e. The molecule has 90 valence electrons. The van der Waals surface area contributed by atoms with Crippen LogP contribution in [0.2, 0.25) is 0 Å². The molecule has 6 heteroatoms. The molecule has 18 heavy (non-hydrogen) atoms. The van der Waals surface area contributed by atoms with E-state index in [9.17, 15) is 4.79 Å². The highest BCUT2D eigenvalue weighted by Crippen LogP contribution is 2.28. The molecule has 0 unspecified atom stereocenters. The van der Waals surface area contributed by atoms with Crippen molar-refractivity contribution in [3.63, 3.8) is 0 Å². The minimum absolute atomic E-state index is 0.472. The summed E-state index contributed by atoms with van der Waals surface area (Å²) in [4.78, 5) is 14.1. The predicted octanol–water partition coefficient (Wildman–Crippen LogP) is 4.49. The summed E-state index contributed by atoms with van der Waals surface area (Å²) < 4.78 is 1.20. The molecule has 0 aliphatic carbocycles. The summed E-state index contributed by atoms with van der Waals surface area (Å²) in [6, 6.07) is 11.2. The molecule has 0 bridgehead atoms. The Labute approximate surface area is 112 Å². The van der Waals surface area contributed by atoms with E-state index < -0.39 is 5.91 Å². The summed E-state index contributed by atoms with van der Waals surface area (Å²) >= 11 is 3.32. The maximum absolute atomic E-state index is 11.6. The lowest BCUT2D eigenvalue weighted by molar-refractivity contribution is 0.0999. The van der Waals surface area contributed by atoms with Gasteiger partial charge in [0.1, 0.15) is 0 Å². The Hall–Kier alpha value is -1.75. The van der Waals surface area contributed by atoms with Crippen LogP contribution in [0.4, 0.5) is 0 Å². The van der Waals surface area contributed by atoms with E-state index in [1.54, 1.807) is 35.2 Å². The zero-order valence-corrected chi connectivity index (χ0v) is 10.9. The molecule has 0 saturated heterocycles. The van der Waals surface area contributed by atoms with Gasteiger partial charge in [0.05, 0.1) is 4.21 Å². The van der Waals surface area contributed by atoms with Gasteiger partial charge in [0.15, 0.2) is 0 Å². The summed E-state index contributed by atoms with van der Waals surface area (Å²) in [5.74, 6) is 0.156. The summed E-state index contributed by atoms with van der Waals surface area (Å²) in [6.07, 6.45) is 0. The van der Waals surface area contributed by atoms with Gasteiger partial charge in [0, 0.05) is 16.2 Å². The Bertz CT molecular complexity index is 589. The first-order valence-electron chi connectivity index (χ1n) is 5.15. The molecule has 1 aromatic carbocycles. The van der Waals surface area contributed by atoms with Gasteiger partial charge < -0.3 is 0 Å². The fourth-order valence-corrected chi connectivity index (χ4v) is 3.23. The van der Waals surface area contributed by atoms with Crippen LogP contribution in [0.25, 0.3) is 10.4 Å². The van der Waals surface area contributed by atoms with Crippen molar-refractivity contribution in [3.05, 3.63) is 63.3 Å². The van der Waals surface area contributed by atoms with Gasteiger partial charge in [-0.25, -0.2) is 0 Å². The number of amides is 1. The first kappa shape index (κ1) is 12.7. The molecular weight excluding hydrogens is 266 g/mol. The van der Waals surface area contributed by atoms with Crippen molar-refractivity contribution in [1.82, 2.24) is 0 Å². The quantitative estimate of drug-likeness (QED) is 0.357. The number of carbonyl (C=O) groups excluding carboxylic acids is 1. The highest BCUT2D eigenvalue weighted by atomic mass is 32.2. The maximum atomic E-state index is 11.6. The van der Waals surface area contributed by atoms with Crippen LogP contribution < -0.4 is 0 Å². The topological polar surface area (TPSA) is 65.8 Å². The number of thioether (sulfide) groups is 1. The van der Waals surface area contributed by atoms with E-state index in [4.69, 9.17) is 5.53 Å². The molecule has 0 saturated carbocycles. The van der Waals surface area contributed by atoms with E-state index in [2.05, 4.69) is 10.0 Å². The Morgan fingerprint density at radius 1 is 1.33 bits per heavy atom. The van der Waals surface area contributed by atoms with Gasteiger partial charge in [-0.05, 0) is 27.7 Å². The van der Waals surface area contributed by atoms with Crippen LogP contribution in [0.15, 0.2) is 51.1 Å². The molecule has 0 aliphatic rings. The number of thiophene rings is 1. The number of carbonyl (C=O) groups is 1. The first-order chi connectivity index (χ1) is 8.81. The van der Waals surface area contributed by atoms with Crippen LogP contribution in [-0.4, -0.2) is 5.91 Å². The van der Waals surface area contributed by atoms with Crippen LogP contribution >= 0.6 is 23.1 Å². The average molecular weight is 275 g/mol. The third-order valence-electron chi connectivity index (χ3n) is 2.25. The SMILES string of the molecule is [N-]=[N+]=NC(=O)c1ccccc1CSc1cccs1. The normalized spacial score (nSPS) is 9.78. The van der Waals surface area contributed by atoms with E-state index >= 15 is 0 Å². The molecule has 2 rings (SSSR count). The van der Waals surface area contributed by atoms with Crippen molar-refractivity contribution in [2.75, 3.05) is 0 Å². The summed E-state index contributed by atoms with van der Waals surface area (Å²) in [7, 11) is 0. The monoisotopic (exact) mass is 275 g/mol. The molecular formula is C12H9N3OS2. The van der Waals surface area contributed by atoms with Crippen LogP contribution in [0.3, 0.4) is 0 Å². The van der Waals surface area contributed by atoms with Crippen LogP contribution in [0.5, 0.6) is 0 Å². The largest absolute Gasteiger partial charge is 0.287 e. The molecule has 0 N–H and O–H groups in total. The van der Waals surface area contributed by atoms with Crippen molar-refractivity contribution in [2.45, 2.75) is 9.96 Å². The van der Waals surface area contributed by atoms with Gasteiger partial charge in [0.25, 0.3) is 0 Å². The average Bonchev–Trinajstić information content (AvgIpc) is 2.90. The van der Waals surface area contributed by atoms with E-state index in [1.165, 1.54) is 4.21 Å². The van der Waals surface area contributed by atoms with Crippen molar-refractivity contribution in [1.29, 1.82) is 0 Å². The van der Waals surface area contributed by atoms with Crippen molar-refractivity contribution >= 4 is 29.0 Å². The number of rotatable bonds is 4. The van der Waals surface area contributed by atoms with Crippen LogP contribution in [0.1, 0.15) is 15.9 Å². The maximum Gasteiger partial charge on any atom is 0.249 e. The summed E-state index contributed by atoms with van der Waals surface area (Å²) in [6.45, 7) is 0. The van der Waals surface area contributed by atoms with Crippen molar-refractivity contribution in [3.8, 4) is 0 Å². The van der Waals surface area contributed by atoms with Gasteiger partial charge in [-0.15, -0.1) is 23.1 Å². The molecule has 1 heterocycles. The van der Waals surface area contributed by atoms with Crippen LogP contribution in [0, 0.1) is 0 Å². The Kier molecular flexibility index (Phi) is 4.41. The molecule has 0 radical (unpaired) electrons. The van der Waals surface area contributed by atoms with E-state index in [1.807, 2.05) is 29.6 Å². The fourth-order valence-electron chi connectivity index (χ4n) is 1.44. The lowest BCUT2D eigenvalue weighted by atomic mass is 10.1. The summed E-state index contributed by atoms with van der Waals surface area (Å²) in [5.41, 5.74) is 9.66. The molecule has 1 amide bonds. The zero-order chi connectivity index (χ0) is 12.8. The molecule has 0 spiro atoms. The third-order valence-corrected chi connectivity index (χ3v) is 4.43. The minimum Gasteiger partial charge on any atom is -0.287 e. The molecule has 0 fully saturated rings. The number of hydrogen-bond acceptors (Lipinski definition) is 3. The summed E-state index contributed by atoms with van der Waals surface area (Å²) in [5, 5.41) is 5.15. The van der Waals surface area contributed by atoms with Crippen molar-refractivity contribution < 1.29 is 4.79 Å². The van der Waals surface area contributed by atoms with E-state index in [0.29, 0.717) is 11.3 Å². The second kappa shape index (κ2) is 6.26. The van der Waals surface area contributed by atoms with Gasteiger partial charge in [0.2, 0.25) is 5.91 Å². The Morgan fingerprint density at radius 3 is 2.89 bits per heavy atom. The van der Waals surface area contributed by atoms with Gasteiger partial charge in [-0.1, -0.05) is 30.3 Å². The second-order valence-electron chi connectivity index (χ2n) is 3.37. The number of benzene rings is 1. The second-order valence-corrected chi connectivity index (χ2v) is 5.60. The van der Waals surface area contributed by atoms with Gasteiger partial charge >= 0.3 is 0 Å². The zero-order valence-electron chi connectivity index (χ0n) is 9.31. The van der Waals surface area contributed by atoms with Crippen LogP contribution in [-0.2, 0) is 5.75 Å². The Balaban J connectivity index is 2.17. The van der Waals surface area contributed by atoms with Gasteiger partial charge in [-0.3, -0.25) is 4.79 Å². The number of nitrogens with zero attached hydrogens (tertiary/aromatic N) is 3. The van der Waals surface area contributed by atoms with E-state index in [0.717, 1.165) is 5.56 Å².